The van der Waals surface area contributed by atoms with E-state index in [2.05, 4.69) is 0 Å². The Hall–Kier alpha value is -0.620. The maximum atomic E-state index is 12.0. The molecule has 0 radical (unpaired) electrons. The van der Waals surface area contributed by atoms with Crippen LogP contribution in [0.2, 0.25) is 0 Å². The third-order valence-corrected chi connectivity index (χ3v) is 4.91. The highest BCUT2D eigenvalue weighted by Crippen LogP contribution is 2.22. The van der Waals surface area contributed by atoms with Gasteiger partial charge in [-0.15, -0.1) is 0 Å². The smallest absolute Gasteiger partial charge is 0.223 e. The minimum Gasteiger partial charge on any atom is -0.395 e. The van der Waals surface area contributed by atoms with E-state index in [0.29, 0.717) is 13.0 Å². The molecule has 1 atom stereocenters. The number of hydrogen-bond acceptors (Lipinski definition) is 4. The molecule has 17 heavy (non-hydrogen) atoms. The van der Waals surface area contributed by atoms with Crippen LogP contribution in [0.4, 0.5) is 0 Å². The number of carbonyl (C=O) groups excluding carboxylic acids is 1. The molecule has 0 aromatic carbocycles. The lowest BCUT2D eigenvalue weighted by Gasteiger charge is -2.27. The van der Waals surface area contributed by atoms with E-state index in [0.717, 1.165) is 0 Å². The van der Waals surface area contributed by atoms with E-state index < -0.39 is 9.84 Å². The van der Waals surface area contributed by atoms with E-state index in [1.54, 1.807) is 4.90 Å². The van der Waals surface area contributed by atoms with Gasteiger partial charge < -0.3 is 10.0 Å². The van der Waals surface area contributed by atoms with Crippen molar-refractivity contribution in [2.45, 2.75) is 32.7 Å². The fourth-order valence-electron chi connectivity index (χ4n) is 2.18. The van der Waals surface area contributed by atoms with E-state index in [4.69, 9.17) is 5.11 Å². The van der Waals surface area contributed by atoms with Gasteiger partial charge in [-0.25, -0.2) is 8.42 Å². The van der Waals surface area contributed by atoms with Crippen molar-refractivity contribution in [3.05, 3.63) is 0 Å². The lowest BCUT2D eigenvalue weighted by atomic mass is 10.0. The third-order valence-electron chi connectivity index (χ3n) is 3.07. The van der Waals surface area contributed by atoms with Gasteiger partial charge in [0.25, 0.3) is 0 Å². The molecule has 1 saturated heterocycles. The molecule has 1 unspecified atom stereocenters. The SMILES string of the molecule is CC(C)N(CCO)C(=O)CC1CCS(=O)(=O)C1. The highest BCUT2D eigenvalue weighted by Gasteiger charge is 2.31. The molecule has 0 saturated carbocycles. The average Bonchev–Trinajstić information content (AvgIpc) is 2.53. The molecule has 0 aliphatic carbocycles. The minimum atomic E-state index is -2.92. The Bertz CT molecular complexity index is 364. The first kappa shape index (κ1) is 14.4. The van der Waals surface area contributed by atoms with Crippen LogP contribution in [0, 0.1) is 5.92 Å². The molecule has 1 aliphatic heterocycles. The number of nitrogens with zero attached hydrogens (tertiary/aromatic N) is 1. The molecule has 1 heterocycles. The maximum Gasteiger partial charge on any atom is 0.223 e. The summed E-state index contributed by atoms with van der Waals surface area (Å²) in [5.74, 6) is 0.222. The molecule has 1 rings (SSSR count). The molecule has 5 nitrogen and oxygen atoms in total. The van der Waals surface area contributed by atoms with Gasteiger partial charge in [0, 0.05) is 19.0 Å². The molecule has 100 valence electrons. The van der Waals surface area contributed by atoms with E-state index in [9.17, 15) is 13.2 Å². The van der Waals surface area contributed by atoms with Crippen LogP contribution in [0.1, 0.15) is 26.7 Å². The summed E-state index contributed by atoms with van der Waals surface area (Å²) in [6, 6.07) is 0.0349. The average molecular weight is 263 g/mol. The van der Waals surface area contributed by atoms with Gasteiger partial charge in [-0.1, -0.05) is 0 Å². The summed E-state index contributed by atoms with van der Waals surface area (Å²) in [6.07, 6.45) is 0.858. The van der Waals surface area contributed by atoms with Gasteiger partial charge in [-0.2, -0.15) is 0 Å². The Morgan fingerprint density at radius 1 is 1.47 bits per heavy atom. The number of hydrogen-bond donors (Lipinski definition) is 1. The van der Waals surface area contributed by atoms with Crippen LogP contribution in [0.15, 0.2) is 0 Å². The fraction of sp³-hybridized carbons (Fsp3) is 0.909. The van der Waals surface area contributed by atoms with E-state index in [-0.39, 0.29) is 42.4 Å². The Labute approximate surface area is 103 Å². The summed E-state index contributed by atoms with van der Waals surface area (Å²) in [5, 5.41) is 8.89. The standard InChI is InChI=1S/C11H21NO4S/c1-9(2)12(4-5-13)11(14)7-10-3-6-17(15,16)8-10/h9-10,13H,3-8H2,1-2H3. The van der Waals surface area contributed by atoms with Crippen molar-refractivity contribution in [2.24, 2.45) is 5.92 Å². The maximum absolute atomic E-state index is 12.0. The van der Waals surface area contributed by atoms with Crippen molar-refractivity contribution in [2.75, 3.05) is 24.7 Å². The Balaban J connectivity index is 2.53. The molecule has 0 bridgehead atoms. The number of rotatable bonds is 5. The molecule has 1 amide bonds. The molecule has 1 N–H and O–H groups in total. The number of sulfone groups is 1. The molecular formula is C11H21NO4S. The van der Waals surface area contributed by atoms with Crippen LogP contribution >= 0.6 is 0 Å². The van der Waals surface area contributed by atoms with Crippen molar-refractivity contribution >= 4 is 15.7 Å². The van der Waals surface area contributed by atoms with E-state index in [1.165, 1.54) is 0 Å². The van der Waals surface area contributed by atoms with Gasteiger partial charge >= 0.3 is 0 Å². The lowest BCUT2D eigenvalue weighted by molar-refractivity contribution is -0.134. The predicted octanol–water partition coefficient (Wildman–Crippen LogP) is 0.0405. The predicted molar refractivity (Wildman–Crippen MR) is 65.3 cm³/mol. The van der Waals surface area contributed by atoms with Gasteiger partial charge in [-0.05, 0) is 26.2 Å². The Morgan fingerprint density at radius 3 is 2.53 bits per heavy atom. The number of aliphatic hydroxyl groups excluding tert-OH is 1. The zero-order chi connectivity index (χ0) is 13.1. The first-order chi connectivity index (χ1) is 7.85. The van der Waals surface area contributed by atoms with Crippen LogP contribution < -0.4 is 0 Å². The summed E-state index contributed by atoms with van der Waals surface area (Å²) in [4.78, 5) is 13.6. The molecule has 1 aliphatic rings. The Kier molecular flexibility index (Phi) is 4.94. The van der Waals surface area contributed by atoms with Crippen LogP contribution in [0.25, 0.3) is 0 Å². The van der Waals surface area contributed by atoms with Gasteiger partial charge in [-0.3, -0.25) is 4.79 Å². The van der Waals surface area contributed by atoms with Crippen LogP contribution in [-0.4, -0.2) is 55.0 Å². The van der Waals surface area contributed by atoms with Crippen molar-refractivity contribution < 1.29 is 18.3 Å². The van der Waals surface area contributed by atoms with E-state index >= 15 is 0 Å². The van der Waals surface area contributed by atoms with Crippen molar-refractivity contribution in [1.82, 2.24) is 4.90 Å². The molecule has 1 fully saturated rings. The summed E-state index contributed by atoms with van der Waals surface area (Å²) in [6.45, 7) is 4.03. The highest BCUT2D eigenvalue weighted by atomic mass is 32.2. The molecular weight excluding hydrogens is 242 g/mol. The first-order valence-corrected chi connectivity index (χ1v) is 7.78. The largest absolute Gasteiger partial charge is 0.395 e. The number of aliphatic hydroxyl groups is 1. The second-order valence-corrected chi connectivity index (χ2v) is 7.11. The minimum absolute atomic E-state index is 0.0349. The van der Waals surface area contributed by atoms with Gasteiger partial charge in [0.1, 0.15) is 0 Å². The molecule has 0 aromatic rings. The van der Waals surface area contributed by atoms with Crippen LogP contribution in [0.3, 0.4) is 0 Å². The summed E-state index contributed by atoms with van der Waals surface area (Å²) < 4.78 is 22.6. The molecule has 6 heteroatoms. The van der Waals surface area contributed by atoms with Crippen molar-refractivity contribution in [3.8, 4) is 0 Å². The normalized spacial score (nSPS) is 22.9. The quantitative estimate of drug-likeness (QED) is 0.760. The summed E-state index contributed by atoms with van der Waals surface area (Å²) in [5.41, 5.74) is 0. The fourth-order valence-corrected chi connectivity index (χ4v) is 4.04. The van der Waals surface area contributed by atoms with Crippen molar-refractivity contribution in [1.29, 1.82) is 0 Å². The Morgan fingerprint density at radius 2 is 2.12 bits per heavy atom. The first-order valence-electron chi connectivity index (χ1n) is 5.96. The van der Waals surface area contributed by atoms with Gasteiger partial charge in [0.05, 0.1) is 18.1 Å². The zero-order valence-electron chi connectivity index (χ0n) is 10.4. The van der Waals surface area contributed by atoms with Crippen molar-refractivity contribution in [3.63, 3.8) is 0 Å². The monoisotopic (exact) mass is 263 g/mol. The molecule has 0 aromatic heterocycles. The summed E-state index contributed by atoms with van der Waals surface area (Å²) in [7, 11) is -2.92. The van der Waals surface area contributed by atoms with Gasteiger partial charge in [0.2, 0.25) is 5.91 Å². The zero-order valence-corrected chi connectivity index (χ0v) is 11.2. The van der Waals surface area contributed by atoms with Crippen LogP contribution in [-0.2, 0) is 14.6 Å². The van der Waals surface area contributed by atoms with Crippen LogP contribution in [0.5, 0.6) is 0 Å². The second kappa shape index (κ2) is 5.82. The number of carbonyl (C=O) groups is 1. The van der Waals surface area contributed by atoms with E-state index in [1.807, 2.05) is 13.8 Å². The topological polar surface area (TPSA) is 74.7 Å². The summed E-state index contributed by atoms with van der Waals surface area (Å²) >= 11 is 0. The third kappa shape index (κ3) is 4.27. The second-order valence-electron chi connectivity index (χ2n) is 4.88. The highest BCUT2D eigenvalue weighted by molar-refractivity contribution is 7.91. The molecule has 0 spiro atoms. The number of amides is 1. The lowest BCUT2D eigenvalue weighted by Crippen LogP contribution is -2.39. The van der Waals surface area contributed by atoms with Gasteiger partial charge in [0.15, 0.2) is 9.84 Å².